The van der Waals surface area contributed by atoms with Crippen LogP contribution in [0.3, 0.4) is 0 Å². The van der Waals surface area contributed by atoms with Gasteiger partial charge < -0.3 is 9.53 Å². The molecule has 2 rings (SSSR count). The van der Waals surface area contributed by atoms with Crippen LogP contribution in [0.25, 0.3) is 11.1 Å². The van der Waals surface area contributed by atoms with Crippen molar-refractivity contribution in [2.24, 2.45) is 0 Å². The largest absolute Gasteiger partial charge is 0.494 e. The molecule has 116 valence electrons. The van der Waals surface area contributed by atoms with Gasteiger partial charge in [0.2, 0.25) is 0 Å². The predicted molar refractivity (Wildman–Crippen MR) is 81.8 cm³/mol. The van der Waals surface area contributed by atoms with Crippen LogP contribution < -0.4 is 4.74 Å². The first-order valence-electron chi connectivity index (χ1n) is 7.33. The molecular formula is C18H18F2O2. The molecule has 2 aromatic carbocycles. The average molecular weight is 304 g/mol. The van der Waals surface area contributed by atoms with E-state index in [0.717, 1.165) is 31.6 Å². The van der Waals surface area contributed by atoms with Crippen LogP contribution in [0.1, 0.15) is 25.7 Å². The van der Waals surface area contributed by atoms with Gasteiger partial charge in [0.1, 0.15) is 12.0 Å². The second-order valence-electron chi connectivity index (χ2n) is 4.99. The van der Waals surface area contributed by atoms with Crippen LogP contribution in [0.15, 0.2) is 42.5 Å². The van der Waals surface area contributed by atoms with Gasteiger partial charge in [0, 0.05) is 12.0 Å². The van der Waals surface area contributed by atoms with Crippen molar-refractivity contribution in [3.8, 4) is 16.9 Å². The molecule has 0 spiro atoms. The zero-order valence-corrected chi connectivity index (χ0v) is 12.2. The minimum atomic E-state index is -0.854. The fourth-order valence-electron chi connectivity index (χ4n) is 2.15. The van der Waals surface area contributed by atoms with Crippen molar-refractivity contribution < 1.29 is 18.3 Å². The van der Waals surface area contributed by atoms with Gasteiger partial charge in [0.25, 0.3) is 0 Å². The van der Waals surface area contributed by atoms with Crippen molar-refractivity contribution in [1.29, 1.82) is 0 Å². The number of benzene rings is 2. The normalized spacial score (nSPS) is 10.5. The van der Waals surface area contributed by atoms with Crippen molar-refractivity contribution in [3.63, 3.8) is 0 Å². The Morgan fingerprint density at radius 3 is 2.45 bits per heavy atom. The minimum Gasteiger partial charge on any atom is -0.494 e. The van der Waals surface area contributed by atoms with E-state index in [9.17, 15) is 13.6 Å². The first-order chi connectivity index (χ1) is 10.7. The maximum atomic E-state index is 13.7. The molecule has 0 aromatic heterocycles. The second kappa shape index (κ2) is 8.27. The number of halogens is 2. The van der Waals surface area contributed by atoms with Gasteiger partial charge in [-0.1, -0.05) is 24.3 Å². The van der Waals surface area contributed by atoms with Gasteiger partial charge in [-0.05, 0) is 43.0 Å². The molecule has 0 amide bonds. The van der Waals surface area contributed by atoms with E-state index < -0.39 is 11.6 Å². The molecule has 4 heteroatoms. The quantitative estimate of drug-likeness (QED) is 0.518. The van der Waals surface area contributed by atoms with E-state index in [-0.39, 0.29) is 5.56 Å². The van der Waals surface area contributed by atoms with Crippen LogP contribution in [0.5, 0.6) is 5.75 Å². The zero-order valence-electron chi connectivity index (χ0n) is 12.2. The molecule has 0 aliphatic heterocycles. The van der Waals surface area contributed by atoms with Crippen molar-refractivity contribution in [1.82, 2.24) is 0 Å². The van der Waals surface area contributed by atoms with Gasteiger partial charge in [0.05, 0.1) is 6.61 Å². The van der Waals surface area contributed by atoms with E-state index in [2.05, 4.69) is 0 Å². The monoisotopic (exact) mass is 304 g/mol. The van der Waals surface area contributed by atoms with Crippen LogP contribution in [0.2, 0.25) is 0 Å². The third-order valence-electron chi connectivity index (χ3n) is 3.35. The zero-order chi connectivity index (χ0) is 15.8. The predicted octanol–water partition coefficient (Wildman–Crippen LogP) is 4.77. The molecule has 0 saturated heterocycles. The topological polar surface area (TPSA) is 26.3 Å². The van der Waals surface area contributed by atoms with E-state index in [1.165, 1.54) is 6.07 Å². The summed E-state index contributed by atoms with van der Waals surface area (Å²) in [5, 5.41) is 0. The summed E-state index contributed by atoms with van der Waals surface area (Å²) in [5.41, 5.74) is 0.843. The summed E-state index contributed by atoms with van der Waals surface area (Å²) in [6.07, 6.45) is 4.23. The molecule has 0 atom stereocenters. The SMILES string of the molecule is O=CCCCCCOc1ccc(-c2cccc(F)c2F)cc1. The Hall–Kier alpha value is -2.23. The number of hydrogen-bond acceptors (Lipinski definition) is 2. The molecule has 0 aliphatic carbocycles. The highest BCUT2D eigenvalue weighted by molar-refractivity contribution is 5.64. The lowest BCUT2D eigenvalue weighted by Gasteiger charge is -2.08. The molecular weight excluding hydrogens is 286 g/mol. The Morgan fingerprint density at radius 1 is 0.955 bits per heavy atom. The molecule has 0 N–H and O–H groups in total. The van der Waals surface area contributed by atoms with Crippen molar-refractivity contribution in [2.45, 2.75) is 25.7 Å². The van der Waals surface area contributed by atoms with Gasteiger partial charge in [-0.25, -0.2) is 8.78 Å². The number of ether oxygens (including phenoxy) is 1. The van der Waals surface area contributed by atoms with Crippen molar-refractivity contribution in [2.75, 3.05) is 6.61 Å². The Morgan fingerprint density at radius 2 is 1.73 bits per heavy atom. The van der Waals surface area contributed by atoms with E-state index >= 15 is 0 Å². The number of rotatable bonds is 8. The molecule has 0 bridgehead atoms. The molecule has 22 heavy (non-hydrogen) atoms. The number of hydrogen-bond donors (Lipinski definition) is 0. The molecule has 0 unspecified atom stereocenters. The van der Waals surface area contributed by atoms with E-state index in [0.29, 0.717) is 24.3 Å². The van der Waals surface area contributed by atoms with Crippen LogP contribution in [-0.4, -0.2) is 12.9 Å². The summed E-state index contributed by atoms with van der Waals surface area (Å²) in [6.45, 7) is 0.576. The number of unbranched alkanes of at least 4 members (excludes halogenated alkanes) is 3. The molecule has 2 nitrogen and oxygen atoms in total. The number of carbonyl (C=O) groups excluding carboxylic acids is 1. The summed E-state index contributed by atoms with van der Waals surface area (Å²) in [4.78, 5) is 10.2. The smallest absolute Gasteiger partial charge is 0.166 e. The summed E-state index contributed by atoms with van der Waals surface area (Å²) < 4.78 is 32.5. The highest BCUT2D eigenvalue weighted by Gasteiger charge is 2.09. The molecule has 0 saturated carbocycles. The maximum Gasteiger partial charge on any atom is 0.166 e. The molecule has 0 aliphatic rings. The molecule has 0 radical (unpaired) electrons. The minimum absolute atomic E-state index is 0.236. The summed E-state index contributed by atoms with van der Waals surface area (Å²) >= 11 is 0. The number of carbonyl (C=O) groups is 1. The van der Waals surface area contributed by atoms with E-state index in [1.54, 1.807) is 30.3 Å². The fraction of sp³-hybridized carbons (Fsp3) is 0.278. The third kappa shape index (κ3) is 4.38. The first kappa shape index (κ1) is 16.1. The Labute approximate surface area is 128 Å². The first-order valence-corrected chi connectivity index (χ1v) is 7.33. The third-order valence-corrected chi connectivity index (χ3v) is 3.35. The molecule has 2 aromatic rings. The molecule has 0 fully saturated rings. The lowest BCUT2D eigenvalue weighted by atomic mass is 10.0. The summed E-state index contributed by atoms with van der Waals surface area (Å²) in [6, 6.07) is 11.0. The van der Waals surface area contributed by atoms with E-state index in [4.69, 9.17) is 4.74 Å². The van der Waals surface area contributed by atoms with Gasteiger partial charge in [-0.2, -0.15) is 0 Å². The highest BCUT2D eigenvalue weighted by Crippen LogP contribution is 2.26. The van der Waals surface area contributed by atoms with E-state index in [1.807, 2.05) is 0 Å². The van der Waals surface area contributed by atoms with Gasteiger partial charge in [-0.15, -0.1) is 0 Å². The van der Waals surface area contributed by atoms with Crippen LogP contribution in [0, 0.1) is 11.6 Å². The standard InChI is InChI=1S/C18H18F2O2/c19-17-7-5-6-16(18(17)20)14-8-10-15(11-9-14)22-13-4-2-1-3-12-21/h5-12H,1-4,13H2. The lowest BCUT2D eigenvalue weighted by Crippen LogP contribution is -1.97. The maximum absolute atomic E-state index is 13.7. The van der Waals surface area contributed by atoms with Crippen molar-refractivity contribution in [3.05, 3.63) is 54.1 Å². The van der Waals surface area contributed by atoms with Gasteiger partial charge in [-0.3, -0.25) is 0 Å². The Bertz CT molecular complexity index is 609. The summed E-state index contributed by atoms with van der Waals surface area (Å²) in [7, 11) is 0. The number of aldehydes is 1. The van der Waals surface area contributed by atoms with Gasteiger partial charge >= 0.3 is 0 Å². The van der Waals surface area contributed by atoms with Crippen LogP contribution in [0.4, 0.5) is 8.78 Å². The summed E-state index contributed by atoms with van der Waals surface area (Å²) in [5.74, 6) is -1.00. The second-order valence-corrected chi connectivity index (χ2v) is 4.99. The lowest BCUT2D eigenvalue weighted by molar-refractivity contribution is -0.107. The Balaban J connectivity index is 1.90. The van der Waals surface area contributed by atoms with Crippen LogP contribution in [-0.2, 0) is 4.79 Å². The average Bonchev–Trinajstić information content (AvgIpc) is 2.54. The van der Waals surface area contributed by atoms with Crippen LogP contribution >= 0.6 is 0 Å². The fourth-order valence-corrected chi connectivity index (χ4v) is 2.15. The van der Waals surface area contributed by atoms with Gasteiger partial charge in [0.15, 0.2) is 11.6 Å². The molecule has 0 heterocycles. The Kier molecular flexibility index (Phi) is 6.07. The van der Waals surface area contributed by atoms with Crippen molar-refractivity contribution >= 4 is 6.29 Å². The highest BCUT2D eigenvalue weighted by atomic mass is 19.2.